The second kappa shape index (κ2) is 6.32. The number of carbonyl (C=O) groups is 1. The Bertz CT molecular complexity index is 354. The number of hydrogen-bond acceptors (Lipinski definition) is 5. The predicted octanol–water partition coefficient (Wildman–Crippen LogP) is -1.56. The van der Waals surface area contributed by atoms with Crippen molar-refractivity contribution in [2.24, 2.45) is 0 Å². The van der Waals surface area contributed by atoms with Crippen molar-refractivity contribution in [1.82, 2.24) is 15.5 Å². The molecule has 0 aromatic heterocycles. The maximum absolute atomic E-state index is 11.5. The zero-order valence-corrected chi connectivity index (χ0v) is 11.2. The fourth-order valence-corrected chi connectivity index (χ4v) is 3.16. The second-order valence-corrected chi connectivity index (χ2v) is 6.85. The fraction of sp³-hybridized carbons (Fsp3) is 0.900. The number of hydrogen-bond donors (Lipinski definition) is 2. The Morgan fingerprint density at radius 2 is 2.18 bits per heavy atom. The summed E-state index contributed by atoms with van der Waals surface area (Å²) in [7, 11) is 0.902. The smallest absolute Gasteiger partial charge is 0.221 e. The van der Waals surface area contributed by atoms with Gasteiger partial charge in [-0.3, -0.25) is 4.79 Å². The topological polar surface area (TPSA) is 78.5 Å². The third-order valence-electron chi connectivity index (χ3n) is 2.61. The van der Waals surface area contributed by atoms with Crippen LogP contribution in [0.3, 0.4) is 0 Å². The first-order valence-corrected chi connectivity index (χ1v) is 7.56. The molecule has 0 aromatic carbocycles. The van der Waals surface area contributed by atoms with Crippen LogP contribution in [-0.2, 0) is 14.6 Å². The van der Waals surface area contributed by atoms with Gasteiger partial charge in [0.25, 0.3) is 0 Å². The number of carbonyl (C=O) groups excluding carboxylic acids is 1. The Balaban J connectivity index is 2.26. The molecule has 100 valence electrons. The summed E-state index contributed by atoms with van der Waals surface area (Å²) in [5.41, 5.74) is 0. The van der Waals surface area contributed by atoms with Crippen LogP contribution in [0.1, 0.15) is 6.42 Å². The van der Waals surface area contributed by atoms with Crippen LogP contribution in [0.15, 0.2) is 0 Å². The highest BCUT2D eigenvalue weighted by Crippen LogP contribution is 2.04. The molecule has 1 aliphatic heterocycles. The molecule has 1 aliphatic rings. The summed E-state index contributed by atoms with van der Waals surface area (Å²) in [6, 6.07) is -0.242. The van der Waals surface area contributed by atoms with E-state index < -0.39 is 9.84 Å². The van der Waals surface area contributed by atoms with Gasteiger partial charge in [0, 0.05) is 32.1 Å². The summed E-state index contributed by atoms with van der Waals surface area (Å²) in [6.45, 7) is 1.81. The third kappa shape index (κ3) is 5.99. The van der Waals surface area contributed by atoms with Gasteiger partial charge in [-0.1, -0.05) is 0 Å². The van der Waals surface area contributed by atoms with Gasteiger partial charge >= 0.3 is 0 Å². The van der Waals surface area contributed by atoms with E-state index in [9.17, 15) is 13.2 Å². The zero-order valence-electron chi connectivity index (χ0n) is 10.4. The molecule has 0 bridgehead atoms. The lowest BCUT2D eigenvalue weighted by atomic mass is 10.2. The minimum atomic E-state index is -2.96. The summed E-state index contributed by atoms with van der Waals surface area (Å²) >= 11 is 0. The van der Waals surface area contributed by atoms with Crippen molar-refractivity contribution in [2.75, 3.05) is 45.2 Å². The molecule has 1 amide bonds. The monoisotopic (exact) mass is 263 g/mol. The van der Waals surface area contributed by atoms with E-state index in [1.165, 1.54) is 0 Å². The van der Waals surface area contributed by atoms with Gasteiger partial charge in [-0.25, -0.2) is 8.42 Å². The van der Waals surface area contributed by atoms with Crippen LogP contribution in [-0.4, -0.2) is 70.5 Å². The van der Waals surface area contributed by atoms with Gasteiger partial charge in [0.2, 0.25) is 5.91 Å². The van der Waals surface area contributed by atoms with Gasteiger partial charge < -0.3 is 15.5 Å². The number of amides is 1. The van der Waals surface area contributed by atoms with Crippen LogP contribution in [0.4, 0.5) is 0 Å². The normalized spacial score (nSPS) is 23.6. The van der Waals surface area contributed by atoms with E-state index in [4.69, 9.17) is 0 Å². The lowest BCUT2D eigenvalue weighted by Gasteiger charge is -2.23. The van der Waals surface area contributed by atoms with E-state index in [1.54, 1.807) is 0 Å². The van der Waals surface area contributed by atoms with Crippen LogP contribution in [0, 0.1) is 0 Å². The van der Waals surface area contributed by atoms with E-state index in [2.05, 4.69) is 10.6 Å². The molecule has 1 fully saturated rings. The number of nitrogens with one attached hydrogen (secondary N) is 2. The molecule has 0 aliphatic carbocycles. The molecule has 1 rings (SSSR count). The molecule has 0 aromatic rings. The molecule has 1 unspecified atom stereocenters. The fourth-order valence-electron chi connectivity index (χ4n) is 1.71. The SMILES string of the molecule is CN(C)CCNC(=O)CC1CS(=O)(=O)CCN1. The van der Waals surface area contributed by atoms with Crippen molar-refractivity contribution in [3.63, 3.8) is 0 Å². The standard InChI is InChI=1S/C10H21N3O3S/c1-13(2)5-3-12-10(14)7-9-8-17(15,16)6-4-11-9/h9,11H,3-8H2,1-2H3,(H,12,14). The van der Waals surface area contributed by atoms with Crippen LogP contribution in [0.2, 0.25) is 0 Å². The highest BCUT2D eigenvalue weighted by molar-refractivity contribution is 7.91. The molecule has 1 heterocycles. The first-order valence-electron chi connectivity index (χ1n) is 5.74. The van der Waals surface area contributed by atoms with Gasteiger partial charge in [-0.2, -0.15) is 0 Å². The van der Waals surface area contributed by atoms with E-state index in [1.807, 2.05) is 19.0 Å². The Hall–Kier alpha value is -0.660. The van der Waals surface area contributed by atoms with Crippen molar-refractivity contribution in [3.05, 3.63) is 0 Å². The minimum absolute atomic E-state index is 0.0636. The Morgan fingerprint density at radius 1 is 1.47 bits per heavy atom. The largest absolute Gasteiger partial charge is 0.355 e. The zero-order chi connectivity index (χ0) is 12.9. The molecule has 17 heavy (non-hydrogen) atoms. The van der Waals surface area contributed by atoms with E-state index in [0.717, 1.165) is 6.54 Å². The van der Waals surface area contributed by atoms with Crippen molar-refractivity contribution < 1.29 is 13.2 Å². The molecule has 0 spiro atoms. The second-order valence-electron chi connectivity index (χ2n) is 4.62. The Labute approximate surface area is 103 Å². The van der Waals surface area contributed by atoms with Crippen molar-refractivity contribution in [3.8, 4) is 0 Å². The van der Waals surface area contributed by atoms with Crippen LogP contribution >= 0.6 is 0 Å². The van der Waals surface area contributed by atoms with Gasteiger partial charge in [0.1, 0.15) is 0 Å². The third-order valence-corrected chi connectivity index (χ3v) is 4.35. The molecular formula is C10H21N3O3S. The molecule has 0 saturated carbocycles. The van der Waals surface area contributed by atoms with Crippen LogP contribution < -0.4 is 10.6 Å². The number of rotatable bonds is 5. The molecule has 1 atom stereocenters. The summed E-state index contributed by atoms with van der Waals surface area (Å²) < 4.78 is 22.7. The molecule has 7 heteroatoms. The van der Waals surface area contributed by atoms with Crippen molar-refractivity contribution >= 4 is 15.7 Å². The lowest BCUT2D eigenvalue weighted by Crippen LogP contribution is -2.47. The summed E-state index contributed by atoms with van der Waals surface area (Å²) in [6.07, 6.45) is 0.229. The highest BCUT2D eigenvalue weighted by atomic mass is 32.2. The van der Waals surface area contributed by atoms with E-state index in [0.29, 0.717) is 13.1 Å². The molecule has 2 N–H and O–H groups in total. The first-order chi connectivity index (χ1) is 7.89. The van der Waals surface area contributed by atoms with Gasteiger partial charge in [0.15, 0.2) is 9.84 Å². The highest BCUT2D eigenvalue weighted by Gasteiger charge is 2.25. The van der Waals surface area contributed by atoms with Crippen LogP contribution in [0.25, 0.3) is 0 Å². The lowest BCUT2D eigenvalue weighted by molar-refractivity contribution is -0.121. The minimum Gasteiger partial charge on any atom is -0.355 e. The maximum atomic E-state index is 11.5. The quantitative estimate of drug-likeness (QED) is 0.627. The van der Waals surface area contributed by atoms with Crippen molar-refractivity contribution in [1.29, 1.82) is 0 Å². The predicted molar refractivity (Wildman–Crippen MR) is 66.6 cm³/mol. The molecule has 1 saturated heterocycles. The van der Waals surface area contributed by atoms with Crippen molar-refractivity contribution in [2.45, 2.75) is 12.5 Å². The number of likely N-dealkylation sites (N-methyl/N-ethyl adjacent to an activating group) is 1. The van der Waals surface area contributed by atoms with E-state index in [-0.39, 0.29) is 29.9 Å². The average molecular weight is 263 g/mol. The average Bonchev–Trinajstić information content (AvgIpc) is 2.14. The number of nitrogens with zero attached hydrogens (tertiary/aromatic N) is 1. The number of sulfone groups is 1. The van der Waals surface area contributed by atoms with Gasteiger partial charge in [0.05, 0.1) is 11.5 Å². The Morgan fingerprint density at radius 3 is 2.76 bits per heavy atom. The Kier molecular flexibility index (Phi) is 5.35. The maximum Gasteiger partial charge on any atom is 0.221 e. The molecule has 6 nitrogen and oxygen atoms in total. The van der Waals surface area contributed by atoms with Gasteiger partial charge in [-0.05, 0) is 14.1 Å². The molecular weight excluding hydrogens is 242 g/mol. The molecule has 0 radical (unpaired) electrons. The summed E-state index contributed by atoms with van der Waals surface area (Å²) in [5, 5.41) is 5.83. The first kappa shape index (κ1) is 14.4. The van der Waals surface area contributed by atoms with Crippen LogP contribution in [0.5, 0.6) is 0 Å². The summed E-state index contributed by atoms with van der Waals surface area (Å²) in [5.74, 6) is 0.140. The van der Waals surface area contributed by atoms with E-state index >= 15 is 0 Å². The van der Waals surface area contributed by atoms with Gasteiger partial charge in [-0.15, -0.1) is 0 Å². The summed E-state index contributed by atoms with van der Waals surface area (Å²) in [4.78, 5) is 13.5.